The Kier molecular flexibility index (Phi) is 7.43. The first-order valence-electron chi connectivity index (χ1n) is 6.21. The number of carbonyl (C=O) groups is 1. The maximum atomic E-state index is 10.3. The maximum Gasteiger partial charge on any atom is 0.303 e. The average molecular weight is 256 g/mol. The fraction of sp³-hybridized carbons (Fsp3) is 0.312. The van der Waals surface area contributed by atoms with Gasteiger partial charge in [-0.3, -0.25) is 4.79 Å². The molecule has 0 aromatic carbocycles. The first kappa shape index (κ1) is 14.7. The van der Waals surface area contributed by atoms with E-state index in [1.54, 1.807) is 24.5 Å². The molecule has 0 aliphatic rings. The van der Waals surface area contributed by atoms with Gasteiger partial charge < -0.3 is 9.52 Å². The summed E-state index contributed by atoms with van der Waals surface area (Å²) in [6.07, 6.45) is 9.15. The summed E-state index contributed by atoms with van der Waals surface area (Å²) in [5, 5.41) is 8.45. The second-order valence-corrected chi connectivity index (χ2v) is 3.89. The van der Waals surface area contributed by atoms with Gasteiger partial charge in [0, 0.05) is 6.42 Å². The highest BCUT2D eigenvalue weighted by molar-refractivity contribution is 5.66. The van der Waals surface area contributed by atoms with Gasteiger partial charge >= 0.3 is 5.97 Å². The van der Waals surface area contributed by atoms with Crippen LogP contribution < -0.4 is 0 Å². The lowest BCUT2D eigenvalue weighted by Crippen LogP contribution is -1.93. The molecule has 0 spiro atoms. The summed E-state index contributed by atoms with van der Waals surface area (Å²) in [7, 11) is 0. The molecular formula is C16H16O3. The molecule has 0 fully saturated rings. The molecule has 0 aliphatic heterocycles. The minimum Gasteiger partial charge on any atom is -0.481 e. The van der Waals surface area contributed by atoms with Crippen molar-refractivity contribution in [1.29, 1.82) is 0 Å². The Hall–Kier alpha value is -2.39. The third kappa shape index (κ3) is 8.35. The van der Waals surface area contributed by atoms with Crippen LogP contribution in [0.4, 0.5) is 0 Å². The van der Waals surface area contributed by atoms with Crippen molar-refractivity contribution in [1.82, 2.24) is 0 Å². The molecular weight excluding hydrogens is 240 g/mol. The fourth-order valence-corrected chi connectivity index (χ4v) is 1.38. The molecule has 3 heteroatoms. The molecule has 98 valence electrons. The quantitative estimate of drug-likeness (QED) is 0.628. The minimum absolute atomic E-state index is 0.256. The number of carboxylic acids is 1. The minimum atomic E-state index is -0.725. The van der Waals surface area contributed by atoms with Gasteiger partial charge in [-0.05, 0) is 55.2 Å². The number of hydrogen-bond donors (Lipinski definition) is 1. The molecule has 0 bridgehead atoms. The van der Waals surface area contributed by atoms with Crippen LogP contribution in [0.1, 0.15) is 37.9 Å². The zero-order chi connectivity index (χ0) is 13.8. The second-order valence-electron chi connectivity index (χ2n) is 3.89. The second kappa shape index (κ2) is 9.62. The van der Waals surface area contributed by atoms with Gasteiger partial charge in [-0.25, -0.2) is 0 Å². The number of rotatable bonds is 6. The molecule has 1 N–H and O–H groups in total. The van der Waals surface area contributed by atoms with E-state index >= 15 is 0 Å². The van der Waals surface area contributed by atoms with E-state index in [0.29, 0.717) is 5.76 Å². The predicted octanol–water partition coefficient (Wildman–Crippen LogP) is 3.23. The molecule has 1 heterocycles. The summed E-state index contributed by atoms with van der Waals surface area (Å²) in [5.41, 5.74) is 0. The molecule has 1 aromatic heterocycles. The highest BCUT2D eigenvalue weighted by Crippen LogP contribution is 2.03. The van der Waals surface area contributed by atoms with Crippen LogP contribution in [-0.2, 0) is 4.79 Å². The van der Waals surface area contributed by atoms with Gasteiger partial charge in [0.05, 0.1) is 6.26 Å². The van der Waals surface area contributed by atoms with Gasteiger partial charge in [0.15, 0.2) is 5.76 Å². The number of furan rings is 1. The van der Waals surface area contributed by atoms with E-state index in [0.717, 1.165) is 25.7 Å². The molecule has 0 atom stereocenters. The van der Waals surface area contributed by atoms with E-state index in [1.165, 1.54) is 0 Å². The SMILES string of the molecule is O=C(O)CCCCC/C=C/C#CC#Cc1ccco1. The molecule has 0 saturated carbocycles. The van der Waals surface area contributed by atoms with Crippen LogP contribution in [0.15, 0.2) is 35.0 Å². The number of aliphatic carboxylic acids is 1. The lowest BCUT2D eigenvalue weighted by molar-refractivity contribution is -0.137. The van der Waals surface area contributed by atoms with Crippen molar-refractivity contribution in [2.24, 2.45) is 0 Å². The molecule has 0 aliphatic carbocycles. The fourth-order valence-electron chi connectivity index (χ4n) is 1.38. The van der Waals surface area contributed by atoms with Gasteiger partial charge in [-0.15, -0.1) is 0 Å². The van der Waals surface area contributed by atoms with Crippen LogP contribution in [0.3, 0.4) is 0 Å². The molecule has 0 unspecified atom stereocenters. The Morgan fingerprint density at radius 1 is 1.32 bits per heavy atom. The van der Waals surface area contributed by atoms with Gasteiger partial charge in [0.25, 0.3) is 0 Å². The summed E-state index contributed by atoms with van der Waals surface area (Å²) in [6.45, 7) is 0. The van der Waals surface area contributed by atoms with Crippen LogP contribution in [0.2, 0.25) is 0 Å². The summed E-state index contributed by atoms with van der Waals surface area (Å²) in [4.78, 5) is 10.3. The smallest absolute Gasteiger partial charge is 0.303 e. The summed E-state index contributed by atoms with van der Waals surface area (Å²) >= 11 is 0. The Balaban J connectivity index is 2.09. The van der Waals surface area contributed by atoms with Crippen molar-refractivity contribution in [3.8, 4) is 23.7 Å². The highest BCUT2D eigenvalue weighted by atomic mass is 16.4. The molecule has 1 aromatic rings. The van der Waals surface area contributed by atoms with Gasteiger partial charge in [0.2, 0.25) is 0 Å². The van der Waals surface area contributed by atoms with E-state index < -0.39 is 5.97 Å². The van der Waals surface area contributed by atoms with Crippen LogP contribution in [0.25, 0.3) is 0 Å². The van der Waals surface area contributed by atoms with E-state index in [1.807, 2.05) is 6.08 Å². The summed E-state index contributed by atoms with van der Waals surface area (Å²) < 4.78 is 5.03. The standard InChI is InChI=1S/C16H16O3/c17-16(18)13-9-7-5-3-1-2-4-6-8-11-15-12-10-14-19-15/h1-2,10,12,14H,3,5,7,9,13H2,(H,17,18)/b2-1+. The Morgan fingerprint density at radius 2 is 2.21 bits per heavy atom. The number of carboxylic acid groups (broad SMARTS) is 1. The lowest BCUT2D eigenvalue weighted by atomic mass is 10.1. The van der Waals surface area contributed by atoms with Gasteiger partial charge in [-0.1, -0.05) is 18.4 Å². The third-order valence-corrected chi connectivity index (χ3v) is 2.30. The topological polar surface area (TPSA) is 50.4 Å². The predicted molar refractivity (Wildman–Crippen MR) is 73.2 cm³/mol. The molecule has 1 rings (SSSR count). The number of hydrogen-bond acceptors (Lipinski definition) is 2. The third-order valence-electron chi connectivity index (χ3n) is 2.30. The Labute approximate surface area is 113 Å². The van der Waals surface area contributed by atoms with Crippen molar-refractivity contribution < 1.29 is 14.3 Å². The van der Waals surface area contributed by atoms with Crippen molar-refractivity contribution in [2.45, 2.75) is 32.1 Å². The highest BCUT2D eigenvalue weighted by Gasteiger charge is 1.94. The van der Waals surface area contributed by atoms with Crippen molar-refractivity contribution in [2.75, 3.05) is 0 Å². The molecule has 0 radical (unpaired) electrons. The van der Waals surface area contributed by atoms with Gasteiger partial charge in [0.1, 0.15) is 0 Å². The van der Waals surface area contributed by atoms with Crippen LogP contribution in [-0.4, -0.2) is 11.1 Å². The van der Waals surface area contributed by atoms with Crippen LogP contribution in [0, 0.1) is 23.7 Å². The van der Waals surface area contributed by atoms with Crippen molar-refractivity contribution in [3.63, 3.8) is 0 Å². The number of unbranched alkanes of at least 4 members (excludes halogenated alkanes) is 3. The first-order valence-corrected chi connectivity index (χ1v) is 6.21. The van der Waals surface area contributed by atoms with Crippen LogP contribution in [0.5, 0.6) is 0 Å². The zero-order valence-electron chi connectivity index (χ0n) is 10.7. The van der Waals surface area contributed by atoms with E-state index in [2.05, 4.69) is 23.7 Å². The normalized spacial score (nSPS) is 9.47. The molecule has 3 nitrogen and oxygen atoms in total. The van der Waals surface area contributed by atoms with E-state index in [4.69, 9.17) is 9.52 Å². The summed E-state index contributed by atoms with van der Waals surface area (Å²) in [6, 6.07) is 3.56. The molecule has 0 saturated heterocycles. The Bertz CT molecular complexity index is 516. The number of allylic oxidation sites excluding steroid dienone is 2. The molecule has 19 heavy (non-hydrogen) atoms. The van der Waals surface area contributed by atoms with Crippen molar-refractivity contribution in [3.05, 3.63) is 36.3 Å². The largest absolute Gasteiger partial charge is 0.481 e. The van der Waals surface area contributed by atoms with Crippen LogP contribution >= 0.6 is 0 Å². The molecule has 0 amide bonds. The first-order chi connectivity index (χ1) is 9.29. The van der Waals surface area contributed by atoms with Gasteiger partial charge in [-0.2, -0.15) is 0 Å². The van der Waals surface area contributed by atoms with E-state index in [-0.39, 0.29) is 6.42 Å². The maximum absolute atomic E-state index is 10.3. The monoisotopic (exact) mass is 256 g/mol. The average Bonchev–Trinajstić information content (AvgIpc) is 2.88. The lowest BCUT2D eigenvalue weighted by Gasteiger charge is -1.94. The van der Waals surface area contributed by atoms with Crippen molar-refractivity contribution >= 4 is 5.97 Å². The summed E-state index contributed by atoms with van der Waals surface area (Å²) in [5.74, 6) is 10.9. The zero-order valence-corrected chi connectivity index (χ0v) is 10.7. The Morgan fingerprint density at radius 3 is 2.95 bits per heavy atom. The van der Waals surface area contributed by atoms with E-state index in [9.17, 15) is 4.79 Å².